The van der Waals surface area contributed by atoms with Crippen molar-refractivity contribution in [3.8, 4) is 17.6 Å². The SMILES string of the molecule is CC(=O)NCC1CN(S(=O)(=O)c2cc(C#N)ccc2Oc2cc(Cl)cc(Cl)c2)CCN1. The molecule has 1 saturated heterocycles. The van der Waals surface area contributed by atoms with Crippen molar-refractivity contribution in [3.63, 3.8) is 0 Å². The van der Waals surface area contributed by atoms with Crippen molar-refractivity contribution in [3.05, 3.63) is 52.0 Å². The first-order valence-corrected chi connectivity index (χ1v) is 11.5. The number of piperazine rings is 1. The van der Waals surface area contributed by atoms with E-state index in [1.54, 1.807) is 0 Å². The average molecular weight is 483 g/mol. The van der Waals surface area contributed by atoms with Crippen LogP contribution in [0.5, 0.6) is 11.5 Å². The van der Waals surface area contributed by atoms with Gasteiger partial charge in [0.25, 0.3) is 0 Å². The number of ether oxygens (including phenoxy) is 1. The van der Waals surface area contributed by atoms with Crippen LogP contribution in [0.15, 0.2) is 41.3 Å². The fourth-order valence-corrected chi connectivity index (χ4v) is 5.27. The summed E-state index contributed by atoms with van der Waals surface area (Å²) in [5, 5.41) is 15.8. The van der Waals surface area contributed by atoms with Gasteiger partial charge in [0, 0.05) is 49.2 Å². The molecule has 1 heterocycles. The molecule has 1 amide bonds. The molecule has 11 heteroatoms. The summed E-state index contributed by atoms with van der Waals surface area (Å²) in [6.45, 7) is 2.50. The highest BCUT2D eigenvalue weighted by Gasteiger charge is 2.32. The highest BCUT2D eigenvalue weighted by Crippen LogP contribution is 2.34. The summed E-state index contributed by atoms with van der Waals surface area (Å²) in [6, 6.07) is 10.4. The lowest BCUT2D eigenvalue weighted by molar-refractivity contribution is -0.119. The molecule has 0 aliphatic carbocycles. The fraction of sp³-hybridized carbons (Fsp3) is 0.300. The summed E-state index contributed by atoms with van der Waals surface area (Å²) in [4.78, 5) is 11.1. The summed E-state index contributed by atoms with van der Waals surface area (Å²) in [5.41, 5.74) is 0.181. The van der Waals surface area contributed by atoms with Crippen molar-refractivity contribution >= 4 is 39.1 Å². The summed E-state index contributed by atoms with van der Waals surface area (Å²) in [6.07, 6.45) is 0. The number of carbonyl (C=O) groups excluding carboxylic acids is 1. The van der Waals surface area contributed by atoms with Gasteiger partial charge in [-0.15, -0.1) is 0 Å². The van der Waals surface area contributed by atoms with Gasteiger partial charge in [0.2, 0.25) is 15.9 Å². The van der Waals surface area contributed by atoms with E-state index >= 15 is 0 Å². The standard InChI is InChI=1S/C20H20Cl2N4O4S/c1-13(27)25-11-17-12-26(5-4-24-17)31(28,29)20-6-14(10-23)2-3-19(20)30-18-8-15(21)7-16(22)9-18/h2-3,6-9,17,24H,4-5,11-12H2,1H3,(H,25,27). The van der Waals surface area contributed by atoms with Gasteiger partial charge in [0.05, 0.1) is 11.6 Å². The van der Waals surface area contributed by atoms with Crippen LogP contribution in [0.25, 0.3) is 0 Å². The summed E-state index contributed by atoms with van der Waals surface area (Å²) < 4.78 is 34.0. The summed E-state index contributed by atoms with van der Waals surface area (Å²) >= 11 is 12.0. The molecule has 1 aliphatic heterocycles. The van der Waals surface area contributed by atoms with Gasteiger partial charge in [-0.3, -0.25) is 4.79 Å². The van der Waals surface area contributed by atoms with Crippen LogP contribution >= 0.6 is 23.2 Å². The number of halogens is 2. The predicted molar refractivity (Wildman–Crippen MR) is 117 cm³/mol. The van der Waals surface area contributed by atoms with E-state index < -0.39 is 10.0 Å². The number of rotatable bonds is 6. The Balaban J connectivity index is 1.93. The summed E-state index contributed by atoms with van der Waals surface area (Å²) in [7, 11) is -4.00. The van der Waals surface area contributed by atoms with Gasteiger partial charge in [-0.1, -0.05) is 23.2 Å². The van der Waals surface area contributed by atoms with Crippen molar-refractivity contribution in [2.45, 2.75) is 17.9 Å². The molecule has 1 aliphatic rings. The molecular weight excluding hydrogens is 463 g/mol. The monoisotopic (exact) mass is 482 g/mol. The third-order valence-corrected chi connectivity index (χ3v) is 6.89. The molecule has 0 aromatic heterocycles. The highest BCUT2D eigenvalue weighted by atomic mass is 35.5. The number of sulfonamides is 1. The molecule has 0 bridgehead atoms. The molecule has 1 unspecified atom stereocenters. The second-order valence-corrected chi connectivity index (χ2v) is 9.71. The molecule has 2 N–H and O–H groups in total. The molecule has 31 heavy (non-hydrogen) atoms. The molecule has 2 aromatic carbocycles. The Hall–Kier alpha value is -2.35. The van der Waals surface area contributed by atoms with Gasteiger partial charge in [-0.05, 0) is 36.4 Å². The van der Waals surface area contributed by atoms with E-state index in [0.29, 0.717) is 23.1 Å². The Morgan fingerprint density at radius 1 is 1.29 bits per heavy atom. The Labute approximate surface area is 190 Å². The largest absolute Gasteiger partial charge is 0.456 e. The minimum absolute atomic E-state index is 0.0503. The van der Waals surface area contributed by atoms with E-state index in [1.807, 2.05) is 6.07 Å². The zero-order valence-electron chi connectivity index (χ0n) is 16.6. The van der Waals surface area contributed by atoms with E-state index in [9.17, 15) is 18.5 Å². The van der Waals surface area contributed by atoms with Gasteiger partial charge in [-0.25, -0.2) is 8.42 Å². The fourth-order valence-electron chi connectivity index (χ4n) is 3.13. The van der Waals surface area contributed by atoms with Crippen molar-refractivity contribution in [1.29, 1.82) is 5.26 Å². The predicted octanol–water partition coefficient (Wildman–Crippen LogP) is 2.76. The van der Waals surface area contributed by atoms with Crippen molar-refractivity contribution in [1.82, 2.24) is 14.9 Å². The van der Waals surface area contributed by atoms with E-state index in [0.717, 1.165) is 0 Å². The maximum absolute atomic E-state index is 13.5. The van der Waals surface area contributed by atoms with Crippen molar-refractivity contribution in [2.75, 3.05) is 26.2 Å². The lowest BCUT2D eigenvalue weighted by Gasteiger charge is -2.33. The average Bonchev–Trinajstić information content (AvgIpc) is 2.72. The van der Waals surface area contributed by atoms with Crippen LogP contribution in [0.2, 0.25) is 10.0 Å². The topological polar surface area (TPSA) is 112 Å². The number of carbonyl (C=O) groups is 1. The second kappa shape index (κ2) is 9.85. The van der Waals surface area contributed by atoms with E-state index in [2.05, 4.69) is 10.6 Å². The van der Waals surface area contributed by atoms with Gasteiger partial charge in [0.15, 0.2) is 0 Å². The smallest absolute Gasteiger partial charge is 0.246 e. The van der Waals surface area contributed by atoms with Gasteiger partial charge in [0.1, 0.15) is 16.4 Å². The molecule has 8 nitrogen and oxygen atoms in total. The zero-order chi connectivity index (χ0) is 22.6. The quantitative estimate of drug-likeness (QED) is 0.654. The van der Waals surface area contributed by atoms with Crippen LogP contribution in [-0.2, 0) is 14.8 Å². The molecular formula is C20H20Cl2N4O4S. The third-order valence-electron chi connectivity index (χ3n) is 4.57. The van der Waals surface area contributed by atoms with Crippen LogP contribution in [-0.4, -0.2) is 50.9 Å². The van der Waals surface area contributed by atoms with Crippen LogP contribution in [0.4, 0.5) is 0 Å². The first-order valence-electron chi connectivity index (χ1n) is 9.35. The Bertz CT molecular complexity index is 1110. The molecule has 0 spiro atoms. The normalized spacial score (nSPS) is 17.0. The second-order valence-electron chi connectivity index (χ2n) is 6.93. The van der Waals surface area contributed by atoms with Crippen LogP contribution in [0, 0.1) is 11.3 Å². The number of nitriles is 1. The molecule has 3 rings (SSSR count). The van der Waals surface area contributed by atoms with Crippen LogP contribution in [0.1, 0.15) is 12.5 Å². The van der Waals surface area contributed by atoms with Gasteiger partial charge >= 0.3 is 0 Å². The van der Waals surface area contributed by atoms with Crippen LogP contribution < -0.4 is 15.4 Å². The van der Waals surface area contributed by atoms with Crippen molar-refractivity contribution in [2.24, 2.45) is 0 Å². The number of benzene rings is 2. The molecule has 0 saturated carbocycles. The van der Waals surface area contributed by atoms with E-state index in [4.69, 9.17) is 27.9 Å². The maximum atomic E-state index is 13.5. The van der Waals surface area contributed by atoms with E-state index in [1.165, 1.54) is 47.6 Å². The first kappa shape index (κ1) is 23.3. The van der Waals surface area contributed by atoms with Gasteiger partial charge < -0.3 is 15.4 Å². The lowest BCUT2D eigenvalue weighted by Crippen LogP contribution is -2.56. The minimum atomic E-state index is -4.00. The van der Waals surface area contributed by atoms with Gasteiger partial charge in [-0.2, -0.15) is 9.57 Å². The van der Waals surface area contributed by atoms with Crippen LogP contribution in [0.3, 0.4) is 0 Å². The highest BCUT2D eigenvalue weighted by molar-refractivity contribution is 7.89. The van der Waals surface area contributed by atoms with E-state index in [-0.39, 0.29) is 47.0 Å². The molecule has 1 fully saturated rings. The zero-order valence-corrected chi connectivity index (χ0v) is 18.9. The third kappa shape index (κ3) is 5.87. The Morgan fingerprint density at radius 3 is 2.65 bits per heavy atom. The molecule has 164 valence electrons. The number of hydrogen-bond acceptors (Lipinski definition) is 6. The molecule has 1 atom stereocenters. The number of hydrogen-bond donors (Lipinski definition) is 2. The Morgan fingerprint density at radius 2 is 2.00 bits per heavy atom. The Kier molecular flexibility index (Phi) is 7.41. The molecule has 0 radical (unpaired) electrons. The number of nitrogens with zero attached hydrogens (tertiary/aromatic N) is 2. The number of nitrogens with one attached hydrogen (secondary N) is 2. The minimum Gasteiger partial charge on any atom is -0.456 e. The number of amides is 1. The van der Waals surface area contributed by atoms with Crippen molar-refractivity contribution < 1.29 is 17.9 Å². The summed E-state index contributed by atoms with van der Waals surface area (Å²) in [5.74, 6) is 0.121. The lowest BCUT2D eigenvalue weighted by atomic mass is 10.2. The first-order chi connectivity index (χ1) is 14.7. The maximum Gasteiger partial charge on any atom is 0.246 e. The molecule has 2 aromatic rings.